The summed E-state index contributed by atoms with van der Waals surface area (Å²) >= 11 is 6.91. The minimum absolute atomic E-state index is 0.286. The Balaban J connectivity index is 1.07. The molecule has 6 heterocycles. The third kappa shape index (κ3) is 6.61. The molecule has 0 saturated carbocycles. The van der Waals surface area contributed by atoms with Crippen LogP contribution in [0, 0.1) is 12.8 Å². The molecule has 3 aliphatic rings. The number of rotatable bonds is 9. The Labute approximate surface area is 290 Å². The maximum atomic E-state index is 13.5. The van der Waals surface area contributed by atoms with Crippen molar-refractivity contribution in [1.82, 2.24) is 33.9 Å². The van der Waals surface area contributed by atoms with E-state index >= 15 is 0 Å². The molecule has 7 rings (SSSR count). The van der Waals surface area contributed by atoms with Gasteiger partial charge in [0, 0.05) is 101 Å². The average molecular weight is 688 g/mol. The molecule has 4 aromatic rings. The van der Waals surface area contributed by atoms with Crippen LogP contribution in [0.25, 0.3) is 11.3 Å². The van der Waals surface area contributed by atoms with Gasteiger partial charge in [0.05, 0.1) is 47.1 Å². The highest BCUT2D eigenvalue weighted by Gasteiger charge is 2.30. The molecule has 1 fully saturated rings. The highest BCUT2D eigenvalue weighted by molar-refractivity contribution is 6.36. The molecule has 3 N–H and O–H groups in total. The van der Waals surface area contributed by atoms with Crippen LogP contribution in [0.4, 0.5) is 11.4 Å². The number of carbonyl (C=O) groups is 2. The van der Waals surface area contributed by atoms with Gasteiger partial charge in [0.25, 0.3) is 11.8 Å². The smallest absolute Gasteiger partial charge is 0.291 e. The first kappa shape index (κ1) is 33.4. The number of aliphatic hydroxyl groups is 1. The van der Waals surface area contributed by atoms with Crippen LogP contribution < -0.4 is 10.6 Å². The summed E-state index contributed by atoms with van der Waals surface area (Å²) in [5.41, 5.74) is 6.87. The lowest BCUT2D eigenvalue weighted by molar-refractivity contribution is -0.0482. The topological polar surface area (TPSA) is 143 Å². The molecule has 0 aliphatic carbocycles. The van der Waals surface area contributed by atoms with Crippen LogP contribution >= 0.6 is 11.6 Å². The van der Waals surface area contributed by atoms with E-state index in [-0.39, 0.29) is 16.8 Å². The third-order valence-corrected chi connectivity index (χ3v) is 10.2. The highest BCUT2D eigenvalue weighted by atomic mass is 35.5. The molecule has 0 spiro atoms. The Kier molecular flexibility index (Phi) is 9.29. The first-order chi connectivity index (χ1) is 23.6. The first-order valence-corrected chi connectivity index (χ1v) is 17.1. The highest BCUT2D eigenvalue weighted by Crippen LogP contribution is 2.36. The van der Waals surface area contributed by atoms with Crippen LogP contribution in [0.5, 0.6) is 0 Å². The molecule has 13 nitrogen and oxygen atoms in total. The van der Waals surface area contributed by atoms with E-state index in [1.54, 1.807) is 19.2 Å². The minimum atomic E-state index is -0.432. The molecule has 1 aromatic carbocycles. The fraction of sp³-hybridized carbons (Fsp3) is 0.457. The quantitative estimate of drug-likeness (QED) is 0.241. The fourth-order valence-electron chi connectivity index (χ4n) is 7.12. The van der Waals surface area contributed by atoms with Crippen molar-refractivity contribution < 1.29 is 19.4 Å². The van der Waals surface area contributed by atoms with Crippen LogP contribution in [-0.4, -0.2) is 96.3 Å². The number of amides is 2. The summed E-state index contributed by atoms with van der Waals surface area (Å²) in [5.74, 6) is 0.556. The largest absolute Gasteiger partial charge is 0.392 e. The number of nitrogens with one attached hydrogen (secondary N) is 2. The van der Waals surface area contributed by atoms with Gasteiger partial charge in [-0.2, -0.15) is 0 Å². The van der Waals surface area contributed by atoms with Crippen LogP contribution in [0.15, 0.2) is 30.5 Å². The molecule has 0 bridgehead atoms. The predicted octanol–water partition coefficient (Wildman–Crippen LogP) is 3.43. The lowest BCUT2D eigenvalue weighted by Gasteiger charge is -2.34. The molecule has 14 heteroatoms. The van der Waals surface area contributed by atoms with Gasteiger partial charge in [0.1, 0.15) is 0 Å². The normalized spacial score (nSPS) is 17.3. The number of aromatic nitrogens is 5. The summed E-state index contributed by atoms with van der Waals surface area (Å²) in [4.78, 5) is 45.6. The first-order valence-electron chi connectivity index (χ1n) is 16.7. The van der Waals surface area contributed by atoms with Gasteiger partial charge < -0.3 is 29.6 Å². The number of halogens is 1. The summed E-state index contributed by atoms with van der Waals surface area (Å²) in [7, 11) is 3.74. The van der Waals surface area contributed by atoms with Crippen LogP contribution in [-0.2, 0) is 44.8 Å². The SMILES string of the molecule is Cc1c(NC(=O)c2nc3c(n2C)CCN(CC(C)O)C3)cccc1-c1nccc(NC(=O)c2nc3c(n2C)CCN(CC2COC2)C3)c1Cl. The minimum Gasteiger partial charge on any atom is -0.392 e. The average Bonchev–Trinajstić information content (AvgIpc) is 3.56. The number of pyridine rings is 1. The van der Waals surface area contributed by atoms with E-state index in [9.17, 15) is 14.7 Å². The zero-order valence-corrected chi connectivity index (χ0v) is 29.0. The molecular weight excluding hydrogens is 646 g/mol. The van der Waals surface area contributed by atoms with Gasteiger partial charge in [-0.05, 0) is 31.5 Å². The summed E-state index contributed by atoms with van der Waals surface area (Å²) in [6.07, 6.45) is 2.75. The van der Waals surface area contributed by atoms with Gasteiger partial charge in [-0.15, -0.1) is 0 Å². The third-order valence-electron chi connectivity index (χ3n) is 9.80. The van der Waals surface area contributed by atoms with E-state index in [1.165, 1.54) is 0 Å². The number of benzene rings is 1. The number of hydrogen-bond donors (Lipinski definition) is 3. The van der Waals surface area contributed by atoms with Gasteiger partial charge >= 0.3 is 0 Å². The Morgan fingerprint density at radius 3 is 2.18 bits per heavy atom. The summed E-state index contributed by atoms with van der Waals surface area (Å²) < 4.78 is 9.07. The fourth-order valence-corrected chi connectivity index (χ4v) is 7.38. The molecule has 0 radical (unpaired) electrons. The number of aliphatic hydroxyl groups excluding tert-OH is 1. The number of hydrogen-bond acceptors (Lipinski definition) is 9. The van der Waals surface area contributed by atoms with Crippen molar-refractivity contribution in [2.45, 2.75) is 45.9 Å². The molecule has 258 valence electrons. The van der Waals surface area contributed by atoms with Gasteiger partial charge in [0.2, 0.25) is 0 Å². The Hall–Kier alpha value is -4.14. The van der Waals surface area contributed by atoms with Crippen LogP contribution in [0.2, 0.25) is 5.02 Å². The van der Waals surface area contributed by atoms with Crippen molar-refractivity contribution in [2.75, 3.05) is 50.0 Å². The Morgan fingerprint density at radius 1 is 0.959 bits per heavy atom. The molecule has 1 saturated heterocycles. The molecule has 1 atom stereocenters. The Morgan fingerprint density at radius 2 is 1.57 bits per heavy atom. The second-order valence-corrected chi connectivity index (χ2v) is 13.8. The lowest BCUT2D eigenvalue weighted by atomic mass is 10.0. The predicted molar refractivity (Wildman–Crippen MR) is 186 cm³/mol. The van der Waals surface area contributed by atoms with Crippen molar-refractivity contribution in [2.24, 2.45) is 20.0 Å². The Bertz CT molecular complexity index is 1910. The van der Waals surface area contributed by atoms with E-state index in [4.69, 9.17) is 21.3 Å². The summed E-state index contributed by atoms with van der Waals surface area (Å²) in [6.45, 7) is 9.85. The maximum absolute atomic E-state index is 13.5. The molecule has 1 unspecified atom stereocenters. The van der Waals surface area contributed by atoms with Crippen molar-refractivity contribution in [1.29, 1.82) is 0 Å². The van der Waals surface area contributed by atoms with Crippen molar-refractivity contribution in [3.63, 3.8) is 0 Å². The standard InChI is InChI=1S/C35H42ClN9O4/c1-20(46)14-44-12-9-28-26(16-44)38-32(42(28)3)34(47)40-24-7-5-6-23(21(24)2)31-30(36)25(8-11-37-31)41-35(48)33-39-27-17-45(15-22-18-49-19-22)13-10-29(27)43(33)4/h5-8,11,20,22,46H,9-10,12-19H2,1-4H3,(H,40,47)(H,37,41,48). The van der Waals surface area contributed by atoms with Crippen molar-refractivity contribution in [3.05, 3.63) is 75.5 Å². The molecule has 3 aromatic heterocycles. The zero-order chi connectivity index (χ0) is 34.4. The van der Waals surface area contributed by atoms with Crippen molar-refractivity contribution in [3.8, 4) is 11.3 Å². The van der Waals surface area contributed by atoms with E-state index in [0.29, 0.717) is 54.3 Å². The number of anilines is 2. The summed E-state index contributed by atoms with van der Waals surface area (Å²) in [6, 6.07) is 7.21. The summed E-state index contributed by atoms with van der Waals surface area (Å²) in [5, 5.41) is 16.1. The number of nitrogens with zero attached hydrogens (tertiary/aromatic N) is 7. The molecule has 49 heavy (non-hydrogen) atoms. The number of fused-ring (bicyclic) bond motifs is 2. The number of imidazole rings is 2. The van der Waals surface area contributed by atoms with E-state index in [1.807, 2.05) is 48.4 Å². The second-order valence-electron chi connectivity index (χ2n) is 13.4. The van der Waals surface area contributed by atoms with E-state index in [2.05, 4.69) is 30.4 Å². The lowest BCUT2D eigenvalue weighted by Crippen LogP contribution is -2.41. The molecular formula is C35H42ClN9O4. The monoisotopic (exact) mass is 687 g/mol. The molecule has 3 aliphatic heterocycles. The van der Waals surface area contributed by atoms with Gasteiger partial charge in [-0.3, -0.25) is 24.4 Å². The van der Waals surface area contributed by atoms with Crippen molar-refractivity contribution >= 4 is 34.8 Å². The second kappa shape index (κ2) is 13.6. The molecule has 2 amide bonds. The van der Waals surface area contributed by atoms with Gasteiger partial charge in [-0.25, -0.2) is 9.97 Å². The maximum Gasteiger partial charge on any atom is 0.291 e. The van der Waals surface area contributed by atoms with Gasteiger partial charge in [0.15, 0.2) is 11.6 Å². The van der Waals surface area contributed by atoms with E-state index < -0.39 is 6.10 Å². The zero-order valence-electron chi connectivity index (χ0n) is 28.3. The van der Waals surface area contributed by atoms with Gasteiger partial charge in [-0.1, -0.05) is 23.7 Å². The van der Waals surface area contributed by atoms with Crippen LogP contribution in [0.3, 0.4) is 0 Å². The number of carbonyl (C=O) groups excluding carboxylic acids is 2. The number of ether oxygens (including phenoxy) is 1. The number of β-amino-alcohol motifs (C(OH)–C–C–N with tert-alkyl or cyclic N) is 1. The van der Waals surface area contributed by atoms with E-state index in [0.717, 1.165) is 79.6 Å². The van der Waals surface area contributed by atoms with Crippen LogP contribution in [0.1, 0.15) is 56.5 Å².